The molecule has 6 heteroatoms. The molecule has 0 spiro atoms. The van der Waals surface area contributed by atoms with E-state index >= 15 is 0 Å². The summed E-state index contributed by atoms with van der Waals surface area (Å²) in [5, 5.41) is 14.3. The lowest BCUT2D eigenvalue weighted by molar-refractivity contribution is -0.124. The SMILES string of the molecule is CCC(C(=O)NC(C)C1CCCO1)/C(N)=N/O. The van der Waals surface area contributed by atoms with Crippen molar-refractivity contribution >= 4 is 11.7 Å². The minimum atomic E-state index is -0.580. The molecule has 3 unspecified atom stereocenters. The van der Waals surface area contributed by atoms with Gasteiger partial charge in [0, 0.05) is 6.61 Å². The van der Waals surface area contributed by atoms with Crippen LogP contribution in [0.15, 0.2) is 5.16 Å². The Labute approximate surface area is 101 Å². The molecule has 1 amide bonds. The Bertz CT molecular complexity index is 288. The zero-order valence-corrected chi connectivity index (χ0v) is 10.3. The average molecular weight is 243 g/mol. The van der Waals surface area contributed by atoms with Gasteiger partial charge in [0.05, 0.1) is 18.1 Å². The largest absolute Gasteiger partial charge is 0.409 e. The number of carbonyl (C=O) groups excluding carboxylic acids is 1. The van der Waals surface area contributed by atoms with Crippen LogP contribution in [0.25, 0.3) is 0 Å². The molecule has 17 heavy (non-hydrogen) atoms. The summed E-state index contributed by atoms with van der Waals surface area (Å²) >= 11 is 0. The van der Waals surface area contributed by atoms with Gasteiger partial charge in [-0.1, -0.05) is 12.1 Å². The third-order valence-electron chi connectivity index (χ3n) is 3.09. The van der Waals surface area contributed by atoms with Crippen molar-refractivity contribution in [2.45, 2.75) is 45.3 Å². The number of ether oxygens (including phenoxy) is 1. The van der Waals surface area contributed by atoms with Crippen molar-refractivity contribution < 1.29 is 14.7 Å². The highest BCUT2D eigenvalue weighted by atomic mass is 16.5. The Hall–Kier alpha value is -1.30. The molecule has 1 aliphatic heterocycles. The summed E-state index contributed by atoms with van der Waals surface area (Å²) in [4.78, 5) is 11.9. The van der Waals surface area contributed by atoms with Crippen LogP contribution >= 0.6 is 0 Å². The number of hydrogen-bond acceptors (Lipinski definition) is 4. The van der Waals surface area contributed by atoms with Crippen LogP contribution in [0, 0.1) is 5.92 Å². The van der Waals surface area contributed by atoms with Crippen LogP contribution < -0.4 is 11.1 Å². The van der Waals surface area contributed by atoms with Crippen molar-refractivity contribution in [1.29, 1.82) is 0 Å². The van der Waals surface area contributed by atoms with Crippen LogP contribution in [0.3, 0.4) is 0 Å². The fourth-order valence-corrected chi connectivity index (χ4v) is 2.01. The molecular weight excluding hydrogens is 222 g/mol. The van der Waals surface area contributed by atoms with Crippen LogP contribution in [-0.4, -0.2) is 35.7 Å². The number of nitrogens with one attached hydrogen (secondary N) is 1. The zero-order chi connectivity index (χ0) is 12.8. The van der Waals surface area contributed by atoms with Crippen LogP contribution in [0.5, 0.6) is 0 Å². The van der Waals surface area contributed by atoms with Crippen LogP contribution in [0.2, 0.25) is 0 Å². The molecule has 1 fully saturated rings. The molecule has 0 aliphatic carbocycles. The highest BCUT2D eigenvalue weighted by Gasteiger charge is 2.27. The van der Waals surface area contributed by atoms with E-state index in [0.717, 1.165) is 19.4 Å². The van der Waals surface area contributed by atoms with Crippen molar-refractivity contribution in [3.05, 3.63) is 0 Å². The standard InChI is InChI=1S/C11H21N3O3/c1-3-8(10(12)14-16)11(15)13-7(2)9-5-4-6-17-9/h7-9,16H,3-6H2,1-2H3,(H2,12,14)(H,13,15). The van der Waals surface area contributed by atoms with Gasteiger partial charge in [0.1, 0.15) is 0 Å². The first-order valence-electron chi connectivity index (χ1n) is 5.99. The van der Waals surface area contributed by atoms with Gasteiger partial charge >= 0.3 is 0 Å². The molecule has 0 saturated carbocycles. The Balaban J connectivity index is 2.51. The Morgan fingerprint density at radius 2 is 2.41 bits per heavy atom. The molecule has 0 aromatic heterocycles. The average Bonchev–Trinajstić information content (AvgIpc) is 2.83. The van der Waals surface area contributed by atoms with E-state index in [0.29, 0.717) is 6.42 Å². The number of amides is 1. The first-order valence-corrected chi connectivity index (χ1v) is 5.99. The highest BCUT2D eigenvalue weighted by molar-refractivity contribution is 6.02. The molecule has 1 aliphatic rings. The molecule has 0 bridgehead atoms. The summed E-state index contributed by atoms with van der Waals surface area (Å²) in [6.07, 6.45) is 2.56. The smallest absolute Gasteiger partial charge is 0.231 e. The summed E-state index contributed by atoms with van der Waals surface area (Å²) in [7, 11) is 0. The Kier molecular flexibility index (Phi) is 5.21. The number of oxime groups is 1. The van der Waals surface area contributed by atoms with Crippen LogP contribution in [-0.2, 0) is 9.53 Å². The predicted molar refractivity (Wildman–Crippen MR) is 63.8 cm³/mol. The number of amidine groups is 1. The highest BCUT2D eigenvalue weighted by Crippen LogP contribution is 2.16. The van der Waals surface area contributed by atoms with E-state index in [4.69, 9.17) is 15.7 Å². The van der Waals surface area contributed by atoms with E-state index in [9.17, 15) is 4.79 Å². The lowest BCUT2D eigenvalue weighted by Gasteiger charge is -2.22. The molecule has 0 aromatic rings. The van der Waals surface area contributed by atoms with Gasteiger partial charge in [-0.15, -0.1) is 0 Å². The van der Waals surface area contributed by atoms with Gasteiger partial charge in [0.2, 0.25) is 5.91 Å². The summed E-state index contributed by atoms with van der Waals surface area (Å²) in [6.45, 7) is 4.48. The summed E-state index contributed by atoms with van der Waals surface area (Å²) in [6, 6.07) is -0.0504. The van der Waals surface area contributed by atoms with Crippen molar-refractivity contribution in [2.24, 2.45) is 16.8 Å². The first kappa shape index (κ1) is 13.8. The second-order valence-corrected chi connectivity index (χ2v) is 4.33. The number of nitrogens with two attached hydrogens (primary N) is 1. The third kappa shape index (κ3) is 3.59. The van der Waals surface area contributed by atoms with Gasteiger partial charge in [0.25, 0.3) is 0 Å². The molecule has 1 rings (SSSR count). The third-order valence-corrected chi connectivity index (χ3v) is 3.09. The Morgan fingerprint density at radius 1 is 1.71 bits per heavy atom. The van der Waals surface area contributed by atoms with E-state index in [1.165, 1.54) is 0 Å². The maximum Gasteiger partial charge on any atom is 0.231 e. The second kappa shape index (κ2) is 6.44. The fraction of sp³-hybridized carbons (Fsp3) is 0.818. The molecule has 4 N–H and O–H groups in total. The molecule has 1 heterocycles. The van der Waals surface area contributed by atoms with Gasteiger partial charge < -0.3 is 21.0 Å². The fourth-order valence-electron chi connectivity index (χ4n) is 2.01. The minimum absolute atomic E-state index is 0.0504. The summed E-state index contributed by atoms with van der Waals surface area (Å²) in [5.41, 5.74) is 5.47. The summed E-state index contributed by atoms with van der Waals surface area (Å²) < 4.78 is 5.49. The second-order valence-electron chi connectivity index (χ2n) is 4.33. The van der Waals surface area contributed by atoms with Crippen LogP contribution in [0.4, 0.5) is 0 Å². The monoisotopic (exact) mass is 243 g/mol. The molecule has 6 nitrogen and oxygen atoms in total. The number of nitrogens with zero attached hydrogens (tertiary/aromatic N) is 1. The molecular formula is C11H21N3O3. The predicted octanol–water partition coefficient (Wildman–Crippen LogP) is 0.443. The van der Waals surface area contributed by atoms with E-state index < -0.39 is 5.92 Å². The Morgan fingerprint density at radius 3 is 2.88 bits per heavy atom. The minimum Gasteiger partial charge on any atom is -0.409 e. The molecule has 1 saturated heterocycles. The van der Waals surface area contributed by atoms with E-state index in [1.807, 2.05) is 13.8 Å². The number of rotatable bonds is 5. The molecule has 0 aromatic carbocycles. The normalized spacial score (nSPS) is 24.4. The quantitative estimate of drug-likeness (QED) is 0.282. The molecule has 0 radical (unpaired) electrons. The van der Waals surface area contributed by atoms with Gasteiger partial charge in [-0.25, -0.2) is 0 Å². The lowest BCUT2D eigenvalue weighted by atomic mass is 10.0. The maximum atomic E-state index is 11.9. The van der Waals surface area contributed by atoms with E-state index in [-0.39, 0.29) is 23.9 Å². The first-order chi connectivity index (χ1) is 8.10. The van der Waals surface area contributed by atoms with Crippen molar-refractivity contribution in [1.82, 2.24) is 5.32 Å². The van der Waals surface area contributed by atoms with Crippen molar-refractivity contribution in [3.63, 3.8) is 0 Å². The number of hydrogen-bond donors (Lipinski definition) is 3. The van der Waals surface area contributed by atoms with Gasteiger partial charge in [-0.05, 0) is 26.2 Å². The van der Waals surface area contributed by atoms with E-state index in [1.54, 1.807) is 0 Å². The maximum absolute atomic E-state index is 11.9. The van der Waals surface area contributed by atoms with Gasteiger partial charge in [-0.3, -0.25) is 4.79 Å². The summed E-state index contributed by atoms with van der Waals surface area (Å²) in [5.74, 6) is -0.848. The van der Waals surface area contributed by atoms with Crippen molar-refractivity contribution in [2.75, 3.05) is 6.61 Å². The van der Waals surface area contributed by atoms with E-state index in [2.05, 4.69) is 10.5 Å². The number of carbonyl (C=O) groups is 1. The molecule has 98 valence electrons. The van der Waals surface area contributed by atoms with Crippen molar-refractivity contribution in [3.8, 4) is 0 Å². The molecule has 3 atom stereocenters. The zero-order valence-electron chi connectivity index (χ0n) is 10.3. The lowest BCUT2D eigenvalue weighted by Crippen LogP contribution is -2.46. The van der Waals surface area contributed by atoms with Crippen LogP contribution in [0.1, 0.15) is 33.1 Å². The van der Waals surface area contributed by atoms with Gasteiger partial charge in [0.15, 0.2) is 5.84 Å². The van der Waals surface area contributed by atoms with Gasteiger partial charge in [-0.2, -0.15) is 0 Å². The topological polar surface area (TPSA) is 96.9 Å².